The Bertz CT molecular complexity index is 839. The molecule has 2 aliphatic heterocycles. The zero-order chi connectivity index (χ0) is 20.6. The lowest BCUT2D eigenvalue weighted by molar-refractivity contribution is -0.146. The summed E-state index contributed by atoms with van der Waals surface area (Å²) in [4.78, 5) is 54.2. The number of para-hydroxylation sites is 1. The Morgan fingerprint density at radius 2 is 1.96 bits per heavy atom. The first-order valence-electron chi connectivity index (χ1n) is 9.46. The van der Waals surface area contributed by atoms with Crippen molar-refractivity contribution in [2.75, 3.05) is 18.0 Å². The number of carboxylic acid groups (broad SMARTS) is 1. The molecule has 3 rings (SSSR count). The van der Waals surface area contributed by atoms with Crippen molar-refractivity contribution in [3.05, 3.63) is 29.8 Å². The second kappa shape index (κ2) is 7.26. The van der Waals surface area contributed by atoms with E-state index in [1.165, 1.54) is 9.80 Å². The van der Waals surface area contributed by atoms with E-state index in [1.807, 2.05) is 6.92 Å². The standard InChI is InChI=1S/C20H25N3O5/c1-4-13(2)21(12-18(26)27)17(25)11-22-19(28)14-7-5-6-8-15(14)23-16(24)9-10-20(22,23)3/h5-8,13H,4,9-12H2,1-3H3,(H,26,27). The third-order valence-electron chi connectivity index (χ3n) is 5.79. The smallest absolute Gasteiger partial charge is 0.323 e. The number of rotatable bonds is 6. The summed E-state index contributed by atoms with van der Waals surface area (Å²) < 4.78 is 0. The maximum absolute atomic E-state index is 13.2. The van der Waals surface area contributed by atoms with Gasteiger partial charge in [-0.05, 0) is 38.8 Å². The van der Waals surface area contributed by atoms with E-state index >= 15 is 0 Å². The van der Waals surface area contributed by atoms with Crippen molar-refractivity contribution in [2.24, 2.45) is 0 Å². The highest BCUT2D eigenvalue weighted by Crippen LogP contribution is 2.43. The molecule has 0 aliphatic carbocycles. The Kier molecular flexibility index (Phi) is 5.14. The highest BCUT2D eigenvalue weighted by molar-refractivity contribution is 6.11. The molecule has 2 aliphatic rings. The molecule has 2 unspecified atom stereocenters. The lowest BCUT2D eigenvalue weighted by atomic mass is 9.98. The molecule has 2 heterocycles. The summed E-state index contributed by atoms with van der Waals surface area (Å²) in [6, 6.07) is 6.60. The molecular formula is C20H25N3O5. The fourth-order valence-electron chi connectivity index (χ4n) is 4.02. The maximum Gasteiger partial charge on any atom is 0.323 e. The zero-order valence-electron chi connectivity index (χ0n) is 16.3. The normalized spacial score (nSPS) is 22.0. The van der Waals surface area contributed by atoms with E-state index in [9.17, 15) is 24.3 Å². The zero-order valence-corrected chi connectivity index (χ0v) is 16.3. The molecule has 1 saturated heterocycles. The molecule has 0 spiro atoms. The molecule has 0 radical (unpaired) electrons. The summed E-state index contributed by atoms with van der Waals surface area (Å²) in [6.07, 6.45) is 1.30. The van der Waals surface area contributed by atoms with E-state index in [2.05, 4.69) is 0 Å². The molecule has 8 nitrogen and oxygen atoms in total. The molecule has 8 heteroatoms. The highest BCUT2D eigenvalue weighted by Gasteiger charge is 2.53. The predicted molar refractivity (Wildman–Crippen MR) is 102 cm³/mol. The lowest BCUT2D eigenvalue weighted by Gasteiger charge is -2.48. The Morgan fingerprint density at radius 1 is 1.29 bits per heavy atom. The number of anilines is 1. The van der Waals surface area contributed by atoms with Gasteiger partial charge in [-0.25, -0.2) is 0 Å². The molecule has 2 atom stereocenters. The molecule has 3 amide bonds. The second-order valence-electron chi connectivity index (χ2n) is 7.53. The molecule has 1 N–H and O–H groups in total. The molecule has 1 aromatic rings. The van der Waals surface area contributed by atoms with Gasteiger partial charge >= 0.3 is 5.97 Å². The number of amides is 3. The largest absolute Gasteiger partial charge is 0.480 e. The molecular weight excluding hydrogens is 362 g/mol. The van der Waals surface area contributed by atoms with E-state index in [0.29, 0.717) is 24.1 Å². The van der Waals surface area contributed by atoms with Crippen molar-refractivity contribution in [3.63, 3.8) is 0 Å². The van der Waals surface area contributed by atoms with Crippen LogP contribution < -0.4 is 4.90 Å². The van der Waals surface area contributed by atoms with Gasteiger partial charge in [0.05, 0.1) is 11.3 Å². The number of nitrogens with zero attached hydrogens (tertiary/aromatic N) is 3. The highest BCUT2D eigenvalue weighted by atomic mass is 16.4. The van der Waals surface area contributed by atoms with Crippen LogP contribution in [0.2, 0.25) is 0 Å². The number of hydrogen-bond donors (Lipinski definition) is 1. The van der Waals surface area contributed by atoms with Crippen molar-refractivity contribution in [2.45, 2.75) is 51.7 Å². The van der Waals surface area contributed by atoms with Crippen LogP contribution in [0, 0.1) is 0 Å². The van der Waals surface area contributed by atoms with Gasteiger partial charge in [-0.15, -0.1) is 0 Å². The van der Waals surface area contributed by atoms with Gasteiger partial charge in [0.15, 0.2) is 0 Å². The van der Waals surface area contributed by atoms with E-state index in [4.69, 9.17) is 0 Å². The number of carboxylic acids is 1. The average Bonchev–Trinajstić information content (AvgIpc) is 2.98. The average molecular weight is 387 g/mol. The minimum Gasteiger partial charge on any atom is -0.480 e. The minimum absolute atomic E-state index is 0.0933. The van der Waals surface area contributed by atoms with Gasteiger partial charge in [-0.3, -0.25) is 24.1 Å². The lowest BCUT2D eigenvalue weighted by Crippen LogP contribution is -2.64. The number of hydrogen-bond acceptors (Lipinski definition) is 4. The van der Waals surface area contributed by atoms with Crippen LogP contribution in [0.1, 0.15) is 50.4 Å². The molecule has 150 valence electrons. The summed E-state index contributed by atoms with van der Waals surface area (Å²) in [5, 5.41) is 9.17. The Hall–Kier alpha value is -2.90. The van der Waals surface area contributed by atoms with Crippen LogP contribution in [0.5, 0.6) is 0 Å². The van der Waals surface area contributed by atoms with Gasteiger partial charge in [0, 0.05) is 12.5 Å². The van der Waals surface area contributed by atoms with Crippen molar-refractivity contribution in [3.8, 4) is 0 Å². The van der Waals surface area contributed by atoms with Crippen molar-refractivity contribution in [1.82, 2.24) is 9.80 Å². The van der Waals surface area contributed by atoms with Crippen LogP contribution in [0.25, 0.3) is 0 Å². The van der Waals surface area contributed by atoms with Gasteiger partial charge < -0.3 is 14.9 Å². The maximum atomic E-state index is 13.2. The predicted octanol–water partition coefficient (Wildman–Crippen LogP) is 1.70. The first kappa shape index (κ1) is 19.9. The third kappa shape index (κ3) is 3.12. The van der Waals surface area contributed by atoms with E-state index in [1.54, 1.807) is 43.0 Å². The number of carbonyl (C=O) groups is 4. The Morgan fingerprint density at radius 3 is 2.61 bits per heavy atom. The molecule has 1 aromatic carbocycles. The summed E-state index contributed by atoms with van der Waals surface area (Å²) in [6.45, 7) is 4.73. The van der Waals surface area contributed by atoms with Crippen LogP contribution in [0.3, 0.4) is 0 Å². The van der Waals surface area contributed by atoms with Gasteiger partial charge in [-0.1, -0.05) is 19.1 Å². The number of aliphatic carboxylic acids is 1. The van der Waals surface area contributed by atoms with Crippen molar-refractivity contribution in [1.29, 1.82) is 0 Å². The fourth-order valence-corrected chi connectivity index (χ4v) is 4.02. The molecule has 0 bridgehead atoms. The SMILES string of the molecule is CCC(C)N(CC(=O)O)C(=O)CN1C(=O)c2ccccc2N2C(=O)CCC12C. The second-order valence-corrected chi connectivity index (χ2v) is 7.53. The van der Waals surface area contributed by atoms with Crippen LogP contribution in [0.15, 0.2) is 24.3 Å². The fraction of sp³-hybridized carbons (Fsp3) is 0.500. The summed E-state index contributed by atoms with van der Waals surface area (Å²) in [5.41, 5.74) is -0.00965. The summed E-state index contributed by atoms with van der Waals surface area (Å²) in [5.74, 6) is -1.96. The van der Waals surface area contributed by atoms with Crippen molar-refractivity contribution >= 4 is 29.4 Å². The van der Waals surface area contributed by atoms with Crippen LogP contribution in [-0.2, 0) is 14.4 Å². The van der Waals surface area contributed by atoms with E-state index in [-0.39, 0.29) is 30.8 Å². The first-order valence-corrected chi connectivity index (χ1v) is 9.46. The molecule has 1 fully saturated rings. The Balaban J connectivity index is 1.97. The molecule has 0 aromatic heterocycles. The summed E-state index contributed by atoms with van der Waals surface area (Å²) >= 11 is 0. The van der Waals surface area contributed by atoms with Crippen LogP contribution in [-0.4, -0.2) is 63.4 Å². The Labute approximate surface area is 163 Å². The quantitative estimate of drug-likeness (QED) is 0.801. The van der Waals surface area contributed by atoms with Gasteiger partial charge in [-0.2, -0.15) is 0 Å². The van der Waals surface area contributed by atoms with Crippen LogP contribution >= 0.6 is 0 Å². The van der Waals surface area contributed by atoms with E-state index < -0.39 is 24.1 Å². The minimum atomic E-state index is -1.10. The van der Waals surface area contributed by atoms with Gasteiger partial charge in [0.1, 0.15) is 18.8 Å². The number of fused-ring (bicyclic) bond motifs is 3. The summed E-state index contributed by atoms with van der Waals surface area (Å²) in [7, 11) is 0. The third-order valence-corrected chi connectivity index (χ3v) is 5.79. The molecule has 0 saturated carbocycles. The molecule has 28 heavy (non-hydrogen) atoms. The van der Waals surface area contributed by atoms with Gasteiger partial charge in [0.2, 0.25) is 11.8 Å². The van der Waals surface area contributed by atoms with E-state index in [0.717, 1.165) is 0 Å². The van der Waals surface area contributed by atoms with Gasteiger partial charge in [0.25, 0.3) is 5.91 Å². The van der Waals surface area contributed by atoms with Crippen molar-refractivity contribution < 1.29 is 24.3 Å². The first-order chi connectivity index (χ1) is 13.2. The number of carbonyl (C=O) groups excluding carboxylic acids is 3. The monoisotopic (exact) mass is 387 g/mol. The topological polar surface area (TPSA) is 98.2 Å². The number of benzene rings is 1. The van der Waals surface area contributed by atoms with Crippen LogP contribution in [0.4, 0.5) is 5.69 Å².